The summed E-state index contributed by atoms with van der Waals surface area (Å²) in [5.74, 6) is 1.06. The molecule has 5 aliphatic rings. The molecule has 116 valence electrons. The first-order valence-corrected chi connectivity index (χ1v) is 8.25. The molecule has 4 nitrogen and oxygen atoms in total. The lowest BCUT2D eigenvalue weighted by Crippen LogP contribution is -2.40. The first kappa shape index (κ1) is 13.2. The molecule has 0 radical (unpaired) electrons. The zero-order valence-corrected chi connectivity index (χ0v) is 12.8. The van der Waals surface area contributed by atoms with E-state index in [9.17, 15) is 14.4 Å². The van der Waals surface area contributed by atoms with Crippen LogP contribution in [0.5, 0.6) is 0 Å². The summed E-state index contributed by atoms with van der Waals surface area (Å²) >= 11 is 0. The van der Waals surface area contributed by atoms with E-state index in [-0.39, 0.29) is 41.3 Å². The number of nitrogens with zero attached hydrogens (tertiary/aromatic N) is 1. The smallest absolute Gasteiger partial charge is 0.238 e. The summed E-state index contributed by atoms with van der Waals surface area (Å²) < 4.78 is 0. The van der Waals surface area contributed by atoms with Crippen molar-refractivity contribution in [2.45, 2.75) is 13.3 Å². The summed E-state index contributed by atoms with van der Waals surface area (Å²) in [6, 6.07) is 6.85. The lowest BCUT2D eigenvalue weighted by molar-refractivity contribution is -0.124. The molecule has 4 heteroatoms. The average Bonchev–Trinajstić information content (AvgIpc) is 3.32. The van der Waals surface area contributed by atoms with Crippen LogP contribution >= 0.6 is 0 Å². The highest BCUT2D eigenvalue weighted by molar-refractivity contribution is 6.23. The van der Waals surface area contributed by atoms with Crippen LogP contribution in [-0.4, -0.2) is 17.6 Å². The molecule has 0 N–H and O–H groups in total. The highest BCUT2D eigenvalue weighted by Gasteiger charge is 2.67. The Morgan fingerprint density at radius 2 is 1.65 bits per heavy atom. The van der Waals surface area contributed by atoms with Crippen LogP contribution < -0.4 is 4.90 Å². The maximum atomic E-state index is 13.0. The van der Waals surface area contributed by atoms with Crippen molar-refractivity contribution in [1.29, 1.82) is 0 Å². The molecule has 4 aliphatic carbocycles. The molecule has 1 saturated heterocycles. The van der Waals surface area contributed by atoms with Crippen LogP contribution in [0.3, 0.4) is 0 Å². The topological polar surface area (TPSA) is 54.5 Å². The first-order valence-electron chi connectivity index (χ1n) is 8.25. The Hall–Kier alpha value is -2.23. The Morgan fingerprint density at radius 1 is 1.04 bits per heavy atom. The Morgan fingerprint density at radius 3 is 2.22 bits per heavy atom. The van der Waals surface area contributed by atoms with E-state index < -0.39 is 0 Å². The van der Waals surface area contributed by atoms with E-state index in [1.54, 1.807) is 24.3 Å². The van der Waals surface area contributed by atoms with E-state index in [4.69, 9.17) is 0 Å². The van der Waals surface area contributed by atoms with Gasteiger partial charge >= 0.3 is 0 Å². The number of carbonyl (C=O) groups is 3. The summed E-state index contributed by atoms with van der Waals surface area (Å²) in [5.41, 5.74) is 1.07. The van der Waals surface area contributed by atoms with E-state index in [0.29, 0.717) is 23.1 Å². The van der Waals surface area contributed by atoms with Crippen LogP contribution in [0.25, 0.3) is 0 Å². The van der Waals surface area contributed by atoms with Crippen molar-refractivity contribution in [2.75, 3.05) is 4.90 Å². The van der Waals surface area contributed by atoms with Gasteiger partial charge in [-0.2, -0.15) is 0 Å². The van der Waals surface area contributed by atoms with E-state index in [1.165, 1.54) is 11.8 Å². The van der Waals surface area contributed by atoms with Crippen molar-refractivity contribution < 1.29 is 14.4 Å². The van der Waals surface area contributed by atoms with Gasteiger partial charge < -0.3 is 0 Å². The van der Waals surface area contributed by atoms with Gasteiger partial charge in [0.15, 0.2) is 5.78 Å². The second-order valence-electron chi connectivity index (χ2n) is 7.27. The standard InChI is InChI=1S/C19H17NO3/c1-9(21)10-3-2-4-11(7-10)20-18(22)16-12-5-6-13(15-8-14(12)15)17(16)19(20)23/h2-7,12-17H,8H2,1H3/t12-,13+,14+,15-,16-,17+. The minimum absolute atomic E-state index is 0.0636. The SMILES string of the molecule is CC(=O)c1cccc(N2C(=O)[C@@H]3[C@@H]4C=C[C@@H]([C@H]5C[C@@H]45)[C@@H]3C2=O)c1. The molecule has 6 rings (SSSR count). The molecule has 2 amide bonds. The molecule has 6 atom stereocenters. The minimum Gasteiger partial charge on any atom is -0.295 e. The molecule has 3 fully saturated rings. The number of anilines is 1. The van der Waals surface area contributed by atoms with Crippen molar-refractivity contribution in [3.05, 3.63) is 42.0 Å². The van der Waals surface area contributed by atoms with Crippen molar-refractivity contribution in [1.82, 2.24) is 0 Å². The molecule has 0 unspecified atom stereocenters. The first-order chi connectivity index (χ1) is 11.1. The van der Waals surface area contributed by atoms with Gasteiger partial charge in [-0.05, 0) is 49.1 Å². The van der Waals surface area contributed by atoms with Gasteiger partial charge in [0.05, 0.1) is 17.5 Å². The van der Waals surface area contributed by atoms with Crippen molar-refractivity contribution in [3.8, 4) is 0 Å². The van der Waals surface area contributed by atoms with Crippen LogP contribution in [0.2, 0.25) is 0 Å². The number of ketones is 1. The van der Waals surface area contributed by atoms with Gasteiger partial charge in [-0.25, -0.2) is 4.90 Å². The van der Waals surface area contributed by atoms with E-state index in [2.05, 4.69) is 12.2 Å². The molecule has 23 heavy (non-hydrogen) atoms. The number of rotatable bonds is 2. The monoisotopic (exact) mass is 307 g/mol. The van der Waals surface area contributed by atoms with Gasteiger partial charge in [0, 0.05) is 5.56 Å². The largest absolute Gasteiger partial charge is 0.295 e. The van der Waals surface area contributed by atoms with Gasteiger partial charge in [0.2, 0.25) is 11.8 Å². The Labute approximate surface area is 134 Å². The van der Waals surface area contributed by atoms with Crippen LogP contribution in [-0.2, 0) is 9.59 Å². The van der Waals surface area contributed by atoms with E-state index in [1.807, 2.05) is 0 Å². The maximum Gasteiger partial charge on any atom is 0.238 e. The fraction of sp³-hybridized carbons (Fsp3) is 0.421. The molecule has 1 aromatic rings. The predicted octanol–water partition coefficient (Wildman–Crippen LogP) is 2.45. The van der Waals surface area contributed by atoms with Crippen molar-refractivity contribution in [3.63, 3.8) is 0 Å². The summed E-state index contributed by atoms with van der Waals surface area (Å²) in [7, 11) is 0. The van der Waals surface area contributed by atoms with Crippen LogP contribution in [0, 0.1) is 35.5 Å². The minimum atomic E-state index is -0.192. The number of amides is 2. The fourth-order valence-electron chi connectivity index (χ4n) is 5.08. The molecule has 1 aromatic carbocycles. The van der Waals surface area contributed by atoms with Gasteiger partial charge in [0.1, 0.15) is 0 Å². The number of Topliss-reactive ketones (excluding diaryl/α,β-unsaturated/α-hetero) is 1. The van der Waals surface area contributed by atoms with E-state index >= 15 is 0 Å². The predicted molar refractivity (Wildman–Crippen MR) is 83.6 cm³/mol. The van der Waals surface area contributed by atoms with Gasteiger partial charge in [-0.3, -0.25) is 14.4 Å². The molecule has 0 aromatic heterocycles. The number of hydrogen-bond acceptors (Lipinski definition) is 3. The summed E-state index contributed by atoms with van der Waals surface area (Å²) in [5, 5.41) is 0. The molecular weight excluding hydrogens is 290 g/mol. The van der Waals surface area contributed by atoms with Crippen molar-refractivity contribution in [2.24, 2.45) is 35.5 Å². The maximum absolute atomic E-state index is 13.0. The Kier molecular flexibility index (Phi) is 2.41. The quantitative estimate of drug-likeness (QED) is 0.479. The number of carbonyl (C=O) groups excluding carboxylic acids is 3. The zero-order valence-electron chi connectivity index (χ0n) is 12.8. The normalized spacial score (nSPS) is 39.4. The summed E-state index contributed by atoms with van der Waals surface area (Å²) in [6.45, 7) is 1.49. The lowest BCUT2D eigenvalue weighted by atomic mass is 9.63. The van der Waals surface area contributed by atoms with Crippen molar-refractivity contribution >= 4 is 23.3 Å². The van der Waals surface area contributed by atoms with E-state index in [0.717, 1.165) is 6.42 Å². The second kappa shape index (κ2) is 4.19. The highest BCUT2D eigenvalue weighted by Crippen LogP contribution is 2.65. The molecule has 2 bridgehead atoms. The third-order valence-electron chi connectivity index (χ3n) is 6.17. The van der Waals surface area contributed by atoms with Crippen LogP contribution in [0.1, 0.15) is 23.7 Å². The fourth-order valence-corrected chi connectivity index (χ4v) is 5.08. The number of imide groups is 1. The number of hydrogen-bond donors (Lipinski definition) is 0. The second-order valence-corrected chi connectivity index (χ2v) is 7.27. The molecule has 1 aliphatic heterocycles. The van der Waals surface area contributed by atoms with Gasteiger partial charge in [-0.15, -0.1) is 0 Å². The van der Waals surface area contributed by atoms with Crippen LogP contribution in [0.4, 0.5) is 5.69 Å². The van der Waals surface area contributed by atoms with Gasteiger partial charge in [-0.1, -0.05) is 24.3 Å². The Bertz CT molecular complexity index is 760. The number of allylic oxidation sites excluding steroid dienone is 2. The molecule has 2 saturated carbocycles. The van der Waals surface area contributed by atoms with Crippen LogP contribution in [0.15, 0.2) is 36.4 Å². The highest BCUT2D eigenvalue weighted by atomic mass is 16.2. The molecule has 0 spiro atoms. The summed E-state index contributed by atoms with van der Waals surface area (Å²) in [6.07, 6.45) is 5.50. The lowest BCUT2D eigenvalue weighted by Gasteiger charge is -2.37. The average molecular weight is 307 g/mol. The number of benzene rings is 1. The Balaban J connectivity index is 1.57. The third-order valence-corrected chi connectivity index (χ3v) is 6.17. The zero-order chi connectivity index (χ0) is 15.9. The summed E-state index contributed by atoms with van der Waals surface area (Å²) in [4.78, 5) is 38.9. The third kappa shape index (κ3) is 1.58. The molecular formula is C19H17NO3. The van der Waals surface area contributed by atoms with Gasteiger partial charge in [0.25, 0.3) is 0 Å². The molecule has 1 heterocycles.